The number of hydrogen-bond acceptors (Lipinski definition) is 6. The maximum Gasteiger partial charge on any atom is 0.295 e. The molecule has 3 rings (SSSR count). The van der Waals surface area contributed by atoms with E-state index in [1.54, 1.807) is 24.3 Å². The average molecular weight is 412 g/mol. The van der Waals surface area contributed by atoms with E-state index in [0.29, 0.717) is 16.9 Å². The van der Waals surface area contributed by atoms with Crippen molar-refractivity contribution < 1.29 is 33.7 Å². The zero-order valence-electron chi connectivity index (χ0n) is 16.1. The lowest BCUT2D eigenvalue weighted by Crippen LogP contribution is -2.32. The molecule has 0 aliphatic carbocycles. The van der Waals surface area contributed by atoms with Crippen LogP contribution in [0.1, 0.15) is 30.0 Å². The fraction of sp³-hybridized carbons (Fsp3) is 0.227. The second-order valence-electron chi connectivity index (χ2n) is 6.75. The molecule has 1 N–H and O–H groups in total. The summed E-state index contributed by atoms with van der Waals surface area (Å²) in [6.45, 7) is -0.0417. The number of benzene rings is 2. The smallest absolute Gasteiger partial charge is 0.295 e. The second-order valence-corrected chi connectivity index (χ2v) is 6.75. The van der Waals surface area contributed by atoms with Gasteiger partial charge < -0.3 is 24.6 Å². The van der Waals surface area contributed by atoms with Crippen LogP contribution in [0.3, 0.4) is 0 Å². The monoisotopic (exact) mass is 412 g/mol. The summed E-state index contributed by atoms with van der Waals surface area (Å²) in [4.78, 5) is 37.3. The molecular weight excluding hydrogens is 393 g/mol. The highest BCUT2D eigenvalue weighted by atomic mass is 19.1. The van der Waals surface area contributed by atoms with Gasteiger partial charge >= 0.3 is 0 Å². The van der Waals surface area contributed by atoms with Gasteiger partial charge in [0.15, 0.2) is 0 Å². The molecule has 8 heteroatoms. The van der Waals surface area contributed by atoms with E-state index in [4.69, 9.17) is 4.74 Å². The third-order valence-electron chi connectivity index (χ3n) is 4.87. The van der Waals surface area contributed by atoms with Crippen molar-refractivity contribution in [3.63, 3.8) is 0 Å². The number of carboxylic acids is 1. The molecule has 1 heterocycles. The lowest BCUT2D eigenvalue weighted by Gasteiger charge is -2.25. The summed E-state index contributed by atoms with van der Waals surface area (Å²) < 4.78 is 18.5. The SMILES string of the molecule is COc1ccc(C(O)=C2C(=O)C(=O)N(CCCC(=O)[O-])[C@@H]2c2ccc(F)cc2)cc1. The van der Waals surface area contributed by atoms with Gasteiger partial charge in [-0.05, 0) is 54.8 Å². The number of hydrogen-bond donors (Lipinski definition) is 1. The van der Waals surface area contributed by atoms with E-state index in [0.717, 1.165) is 0 Å². The lowest BCUT2D eigenvalue weighted by molar-refractivity contribution is -0.305. The highest BCUT2D eigenvalue weighted by Crippen LogP contribution is 2.39. The highest BCUT2D eigenvalue weighted by molar-refractivity contribution is 6.46. The number of carboxylic acid groups (broad SMARTS) is 1. The molecule has 2 aromatic rings. The van der Waals surface area contributed by atoms with Crippen molar-refractivity contribution in [2.45, 2.75) is 18.9 Å². The van der Waals surface area contributed by atoms with Crippen LogP contribution >= 0.6 is 0 Å². The number of aliphatic hydroxyl groups excluding tert-OH is 1. The molecule has 0 spiro atoms. The Labute approximate surface area is 172 Å². The normalized spacial score (nSPS) is 17.9. The summed E-state index contributed by atoms with van der Waals surface area (Å²) in [5, 5.41) is 21.6. The molecule has 1 saturated heterocycles. The van der Waals surface area contributed by atoms with Crippen molar-refractivity contribution in [1.29, 1.82) is 0 Å². The molecule has 7 nitrogen and oxygen atoms in total. The second kappa shape index (κ2) is 8.77. The van der Waals surface area contributed by atoms with Crippen LogP contribution in [0.25, 0.3) is 5.76 Å². The number of carbonyl (C=O) groups excluding carboxylic acids is 3. The van der Waals surface area contributed by atoms with Gasteiger partial charge in [0.2, 0.25) is 0 Å². The quantitative estimate of drug-likeness (QED) is 0.422. The van der Waals surface area contributed by atoms with Crippen LogP contribution < -0.4 is 9.84 Å². The Morgan fingerprint density at radius 3 is 2.33 bits per heavy atom. The molecule has 0 saturated carbocycles. The first-order valence-electron chi connectivity index (χ1n) is 9.21. The van der Waals surface area contributed by atoms with E-state index in [-0.39, 0.29) is 30.7 Å². The number of ether oxygens (including phenoxy) is 1. The molecule has 0 radical (unpaired) electrons. The lowest BCUT2D eigenvalue weighted by atomic mass is 9.95. The van der Waals surface area contributed by atoms with Gasteiger partial charge in [0.05, 0.1) is 18.7 Å². The van der Waals surface area contributed by atoms with E-state index in [1.165, 1.54) is 36.3 Å². The number of nitrogens with zero attached hydrogens (tertiary/aromatic N) is 1. The summed E-state index contributed by atoms with van der Waals surface area (Å²) in [5.41, 5.74) is 0.569. The van der Waals surface area contributed by atoms with Crippen molar-refractivity contribution in [2.75, 3.05) is 13.7 Å². The van der Waals surface area contributed by atoms with Crippen molar-refractivity contribution in [1.82, 2.24) is 4.90 Å². The molecule has 1 aliphatic heterocycles. The van der Waals surface area contributed by atoms with E-state index in [2.05, 4.69) is 0 Å². The minimum Gasteiger partial charge on any atom is -0.550 e. The number of rotatable bonds is 7. The first-order chi connectivity index (χ1) is 14.3. The molecule has 0 unspecified atom stereocenters. The van der Waals surface area contributed by atoms with Gasteiger partial charge in [0.25, 0.3) is 11.7 Å². The van der Waals surface area contributed by atoms with Crippen LogP contribution in [-0.2, 0) is 14.4 Å². The minimum atomic E-state index is -1.27. The molecule has 30 heavy (non-hydrogen) atoms. The summed E-state index contributed by atoms with van der Waals surface area (Å²) in [6, 6.07) is 10.5. The molecule has 0 bridgehead atoms. The van der Waals surface area contributed by atoms with Gasteiger partial charge in [-0.3, -0.25) is 9.59 Å². The summed E-state index contributed by atoms with van der Waals surface area (Å²) >= 11 is 0. The van der Waals surface area contributed by atoms with E-state index < -0.39 is 29.5 Å². The van der Waals surface area contributed by atoms with Crippen LogP contribution in [-0.4, -0.2) is 41.3 Å². The third kappa shape index (κ3) is 4.17. The Kier molecular flexibility index (Phi) is 6.15. The van der Waals surface area contributed by atoms with Crippen molar-refractivity contribution in [2.24, 2.45) is 0 Å². The molecule has 156 valence electrons. The predicted molar refractivity (Wildman–Crippen MR) is 103 cm³/mol. The number of Topliss-reactive ketones (excluding diaryl/α,β-unsaturated/α-hetero) is 1. The van der Waals surface area contributed by atoms with E-state index in [1.807, 2.05) is 0 Å². The first kappa shape index (κ1) is 21.0. The van der Waals surface area contributed by atoms with Gasteiger partial charge in [0.1, 0.15) is 17.3 Å². The molecule has 1 amide bonds. The zero-order chi connectivity index (χ0) is 21.8. The van der Waals surface area contributed by atoms with Gasteiger partial charge in [0, 0.05) is 18.1 Å². The largest absolute Gasteiger partial charge is 0.550 e. The summed E-state index contributed by atoms with van der Waals surface area (Å²) in [7, 11) is 1.49. The molecule has 1 fully saturated rings. The number of amides is 1. The van der Waals surface area contributed by atoms with Crippen molar-refractivity contribution in [3.8, 4) is 5.75 Å². The number of methoxy groups -OCH3 is 1. The fourth-order valence-corrected chi connectivity index (χ4v) is 3.40. The molecule has 0 aromatic heterocycles. The fourth-order valence-electron chi connectivity index (χ4n) is 3.40. The van der Waals surface area contributed by atoms with Crippen LogP contribution in [0.4, 0.5) is 4.39 Å². The summed E-state index contributed by atoms with van der Waals surface area (Å²) in [5.74, 6) is -3.37. The van der Waals surface area contributed by atoms with Crippen molar-refractivity contribution in [3.05, 3.63) is 71.0 Å². The Balaban J connectivity index is 2.07. The van der Waals surface area contributed by atoms with E-state index >= 15 is 0 Å². The maximum atomic E-state index is 13.4. The Morgan fingerprint density at radius 1 is 1.13 bits per heavy atom. The van der Waals surface area contributed by atoms with Crippen LogP contribution in [0.2, 0.25) is 0 Å². The highest BCUT2D eigenvalue weighted by Gasteiger charge is 2.45. The third-order valence-corrected chi connectivity index (χ3v) is 4.87. The van der Waals surface area contributed by atoms with Gasteiger partial charge in [-0.15, -0.1) is 0 Å². The summed E-state index contributed by atoms with van der Waals surface area (Å²) in [6.07, 6.45) is -0.229. The Bertz CT molecular complexity index is 997. The molecule has 1 aliphatic rings. The van der Waals surface area contributed by atoms with Crippen LogP contribution in [0.15, 0.2) is 54.1 Å². The minimum absolute atomic E-state index is 0.0417. The van der Waals surface area contributed by atoms with Crippen molar-refractivity contribution >= 4 is 23.4 Å². The Hall–Kier alpha value is -3.68. The van der Waals surface area contributed by atoms with Gasteiger partial charge in [-0.1, -0.05) is 12.1 Å². The number of aliphatic carboxylic acids is 1. The number of halogens is 1. The van der Waals surface area contributed by atoms with Crippen LogP contribution in [0.5, 0.6) is 5.75 Å². The maximum absolute atomic E-state index is 13.4. The van der Waals surface area contributed by atoms with Gasteiger partial charge in [-0.2, -0.15) is 0 Å². The topological polar surface area (TPSA) is 107 Å². The zero-order valence-corrected chi connectivity index (χ0v) is 16.1. The standard InChI is InChI=1S/C22H20FNO6/c1-30-16-10-6-14(7-11-16)20(27)18-19(13-4-8-15(23)9-5-13)24(22(29)21(18)28)12-2-3-17(25)26/h4-11,19,27H,2-3,12H2,1H3,(H,25,26)/p-1/t19-/m1/s1. The van der Waals surface area contributed by atoms with E-state index in [9.17, 15) is 29.0 Å². The predicted octanol–water partition coefficient (Wildman–Crippen LogP) is 1.79. The number of likely N-dealkylation sites (tertiary alicyclic amines) is 1. The number of carbonyl (C=O) groups is 3. The first-order valence-corrected chi connectivity index (χ1v) is 9.21. The van der Waals surface area contributed by atoms with Crippen LogP contribution in [0, 0.1) is 5.82 Å². The van der Waals surface area contributed by atoms with Gasteiger partial charge in [-0.25, -0.2) is 4.39 Å². The molecule has 2 aromatic carbocycles. The number of aliphatic hydroxyl groups is 1. The molecular formula is C22H19FNO6-. The number of ketones is 1. The average Bonchev–Trinajstić information content (AvgIpc) is 2.98. The Morgan fingerprint density at radius 2 is 1.77 bits per heavy atom. The molecule has 1 atom stereocenters.